The number of hydrogen-bond donors (Lipinski definition) is 1. The first kappa shape index (κ1) is 21.3. The van der Waals surface area contributed by atoms with Crippen LogP contribution in [0, 0.1) is 5.82 Å². The Labute approximate surface area is 182 Å². The van der Waals surface area contributed by atoms with E-state index in [1.165, 1.54) is 12.1 Å². The Morgan fingerprint density at radius 2 is 1.94 bits per heavy atom. The molecule has 2 aliphatic rings. The van der Waals surface area contributed by atoms with Crippen molar-refractivity contribution in [3.63, 3.8) is 0 Å². The van der Waals surface area contributed by atoms with E-state index in [2.05, 4.69) is 5.32 Å². The van der Waals surface area contributed by atoms with Crippen molar-refractivity contribution in [2.24, 2.45) is 0 Å². The highest BCUT2D eigenvalue weighted by Gasteiger charge is 2.39. The molecular formula is C25H29FN2O3. The number of hydrogen-bond acceptors (Lipinski definition) is 3. The van der Waals surface area contributed by atoms with Crippen molar-refractivity contribution in [2.75, 3.05) is 13.7 Å². The van der Waals surface area contributed by atoms with E-state index in [1.54, 1.807) is 19.2 Å². The predicted molar refractivity (Wildman–Crippen MR) is 116 cm³/mol. The van der Waals surface area contributed by atoms with Crippen LogP contribution in [-0.2, 0) is 16.0 Å². The number of methoxy groups -OCH3 is 1. The summed E-state index contributed by atoms with van der Waals surface area (Å²) in [5, 5.41) is 3.16. The van der Waals surface area contributed by atoms with Gasteiger partial charge in [-0.1, -0.05) is 24.3 Å². The number of likely N-dealkylation sites (tertiary alicyclic amines) is 1. The van der Waals surface area contributed by atoms with Gasteiger partial charge in [0.15, 0.2) is 0 Å². The van der Waals surface area contributed by atoms with E-state index in [9.17, 15) is 14.0 Å². The summed E-state index contributed by atoms with van der Waals surface area (Å²) in [4.78, 5) is 27.1. The van der Waals surface area contributed by atoms with Crippen molar-refractivity contribution in [1.82, 2.24) is 10.2 Å². The van der Waals surface area contributed by atoms with Gasteiger partial charge in [0.25, 0.3) is 0 Å². The highest BCUT2D eigenvalue weighted by atomic mass is 19.1. The monoisotopic (exact) mass is 424 g/mol. The molecule has 0 saturated carbocycles. The Bertz CT molecular complexity index is 929. The van der Waals surface area contributed by atoms with Crippen molar-refractivity contribution in [3.05, 3.63) is 65.5 Å². The molecule has 2 saturated heterocycles. The van der Waals surface area contributed by atoms with Crippen molar-refractivity contribution in [2.45, 2.75) is 56.5 Å². The molecule has 1 N–H and O–H groups in total. The molecule has 0 spiro atoms. The van der Waals surface area contributed by atoms with Crippen molar-refractivity contribution in [1.29, 1.82) is 0 Å². The third kappa shape index (κ3) is 4.89. The molecule has 2 unspecified atom stereocenters. The Morgan fingerprint density at radius 3 is 2.58 bits per heavy atom. The van der Waals surface area contributed by atoms with E-state index >= 15 is 0 Å². The first-order chi connectivity index (χ1) is 15.0. The quantitative estimate of drug-likeness (QED) is 0.726. The van der Waals surface area contributed by atoms with Gasteiger partial charge in [0, 0.05) is 24.9 Å². The Hall–Kier alpha value is -2.89. The minimum Gasteiger partial charge on any atom is -0.497 e. The van der Waals surface area contributed by atoms with Crippen LogP contribution in [0.25, 0.3) is 0 Å². The summed E-state index contributed by atoms with van der Waals surface area (Å²) < 4.78 is 18.5. The average Bonchev–Trinajstić information content (AvgIpc) is 3.41. The number of rotatable bonds is 7. The zero-order valence-electron chi connectivity index (χ0n) is 17.9. The van der Waals surface area contributed by atoms with Crippen LogP contribution in [-0.4, -0.2) is 35.9 Å². The van der Waals surface area contributed by atoms with Crippen LogP contribution < -0.4 is 10.1 Å². The molecule has 2 atom stereocenters. The standard InChI is InChI=1S/C25H29FN2O3/c1-31-21-10-4-18(5-11-21)17-25(14-12-23(29)27-25)15-13-24(30)28-16-2-3-22(28)19-6-8-20(26)9-7-19/h4-11,22H,2-3,12-17H2,1H3,(H,27,29). The minimum absolute atomic E-state index is 0.00353. The highest BCUT2D eigenvalue weighted by Crippen LogP contribution is 2.35. The number of benzene rings is 2. The maximum atomic E-state index is 13.3. The zero-order chi connectivity index (χ0) is 21.8. The minimum atomic E-state index is -0.396. The normalized spacial score (nSPS) is 23.1. The van der Waals surface area contributed by atoms with E-state index in [0.29, 0.717) is 25.7 Å². The van der Waals surface area contributed by atoms with E-state index in [0.717, 1.165) is 42.7 Å². The molecule has 0 radical (unpaired) electrons. The number of halogens is 1. The molecule has 0 aromatic heterocycles. The summed E-state index contributed by atoms with van der Waals surface area (Å²) in [5.41, 5.74) is 1.70. The molecule has 2 amide bonds. The lowest BCUT2D eigenvalue weighted by atomic mass is 9.84. The predicted octanol–water partition coefficient (Wildman–Crippen LogP) is 4.17. The number of amides is 2. The third-order valence-electron chi connectivity index (χ3n) is 6.58. The third-order valence-corrected chi connectivity index (χ3v) is 6.58. The van der Waals surface area contributed by atoms with E-state index in [-0.39, 0.29) is 23.7 Å². The van der Waals surface area contributed by atoms with Crippen molar-refractivity contribution >= 4 is 11.8 Å². The Morgan fingerprint density at radius 1 is 1.19 bits per heavy atom. The second-order valence-corrected chi connectivity index (χ2v) is 8.65. The van der Waals surface area contributed by atoms with Gasteiger partial charge in [-0.2, -0.15) is 0 Å². The first-order valence-corrected chi connectivity index (χ1v) is 11.0. The molecular weight excluding hydrogens is 395 g/mol. The van der Waals surface area contributed by atoms with Crippen LogP contribution in [0.1, 0.15) is 55.7 Å². The first-order valence-electron chi connectivity index (χ1n) is 11.0. The summed E-state index contributed by atoms with van der Waals surface area (Å²) in [7, 11) is 1.64. The topological polar surface area (TPSA) is 58.6 Å². The van der Waals surface area contributed by atoms with E-state index in [4.69, 9.17) is 4.74 Å². The number of carbonyl (C=O) groups is 2. The maximum Gasteiger partial charge on any atom is 0.223 e. The molecule has 6 heteroatoms. The number of nitrogens with one attached hydrogen (secondary N) is 1. The van der Waals surface area contributed by atoms with Crippen LogP contribution >= 0.6 is 0 Å². The zero-order valence-corrected chi connectivity index (χ0v) is 17.9. The summed E-state index contributed by atoms with van der Waals surface area (Å²) >= 11 is 0. The van der Waals surface area contributed by atoms with E-state index in [1.807, 2.05) is 29.2 Å². The summed E-state index contributed by atoms with van der Waals surface area (Å²) in [6.07, 6.45) is 4.74. The molecule has 2 aromatic carbocycles. The lowest BCUT2D eigenvalue weighted by Gasteiger charge is -2.31. The number of nitrogens with zero attached hydrogens (tertiary/aromatic N) is 1. The molecule has 5 nitrogen and oxygen atoms in total. The SMILES string of the molecule is COc1ccc(CC2(CCC(=O)N3CCCC3c3ccc(F)cc3)CCC(=O)N2)cc1. The van der Waals surface area contributed by atoms with Gasteiger partial charge in [-0.05, 0) is 67.5 Å². The van der Waals surface area contributed by atoms with Gasteiger partial charge in [-0.3, -0.25) is 9.59 Å². The van der Waals surface area contributed by atoms with Crippen LogP contribution in [0.15, 0.2) is 48.5 Å². The molecule has 0 bridgehead atoms. The van der Waals surface area contributed by atoms with Crippen LogP contribution in [0.4, 0.5) is 4.39 Å². The number of ether oxygens (including phenoxy) is 1. The molecule has 164 valence electrons. The molecule has 2 aromatic rings. The smallest absolute Gasteiger partial charge is 0.223 e. The fourth-order valence-corrected chi connectivity index (χ4v) is 4.90. The fourth-order valence-electron chi connectivity index (χ4n) is 4.90. The largest absolute Gasteiger partial charge is 0.497 e. The summed E-state index contributed by atoms with van der Waals surface area (Å²) in [6, 6.07) is 14.3. The Balaban J connectivity index is 1.43. The molecule has 2 aliphatic heterocycles. The second-order valence-electron chi connectivity index (χ2n) is 8.65. The van der Waals surface area contributed by atoms with Crippen LogP contribution in [0.5, 0.6) is 5.75 Å². The van der Waals surface area contributed by atoms with Crippen LogP contribution in [0.2, 0.25) is 0 Å². The van der Waals surface area contributed by atoms with Gasteiger partial charge in [0.1, 0.15) is 11.6 Å². The van der Waals surface area contributed by atoms with Gasteiger partial charge in [-0.25, -0.2) is 4.39 Å². The molecule has 4 rings (SSSR count). The second kappa shape index (κ2) is 9.08. The van der Waals surface area contributed by atoms with Crippen LogP contribution in [0.3, 0.4) is 0 Å². The molecule has 2 fully saturated rings. The fraction of sp³-hybridized carbons (Fsp3) is 0.440. The summed E-state index contributed by atoms with van der Waals surface area (Å²) in [5.74, 6) is 0.676. The van der Waals surface area contributed by atoms with E-state index < -0.39 is 5.54 Å². The molecule has 0 aliphatic carbocycles. The van der Waals surface area contributed by atoms with Crippen molar-refractivity contribution < 1.29 is 18.7 Å². The Kier molecular flexibility index (Phi) is 6.25. The van der Waals surface area contributed by atoms with Gasteiger partial charge in [0.05, 0.1) is 13.2 Å². The average molecular weight is 425 g/mol. The molecule has 31 heavy (non-hydrogen) atoms. The van der Waals surface area contributed by atoms with Gasteiger partial charge >= 0.3 is 0 Å². The lowest BCUT2D eigenvalue weighted by Crippen LogP contribution is -2.44. The maximum absolute atomic E-state index is 13.3. The number of carbonyl (C=O) groups excluding carboxylic acids is 2. The van der Waals surface area contributed by atoms with Gasteiger partial charge in [0.2, 0.25) is 11.8 Å². The van der Waals surface area contributed by atoms with Crippen molar-refractivity contribution in [3.8, 4) is 5.75 Å². The van der Waals surface area contributed by atoms with Gasteiger partial charge in [-0.15, -0.1) is 0 Å². The lowest BCUT2D eigenvalue weighted by molar-refractivity contribution is -0.132. The molecule has 2 heterocycles. The highest BCUT2D eigenvalue weighted by molar-refractivity contribution is 5.80. The summed E-state index contributed by atoms with van der Waals surface area (Å²) in [6.45, 7) is 0.721. The van der Waals surface area contributed by atoms with Gasteiger partial charge < -0.3 is 15.0 Å².